The summed E-state index contributed by atoms with van der Waals surface area (Å²) in [6, 6.07) is 13.6. The van der Waals surface area contributed by atoms with E-state index in [1.165, 1.54) is 9.71 Å². The van der Waals surface area contributed by atoms with Gasteiger partial charge in [0, 0.05) is 30.6 Å². The van der Waals surface area contributed by atoms with Crippen molar-refractivity contribution in [2.45, 2.75) is 18.8 Å². The summed E-state index contributed by atoms with van der Waals surface area (Å²) in [7, 11) is 3.18. The van der Waals surface area contributed by atoms with E-state index in [-0.39, 0.29) is 5.91 Å². The molecule has 0 radical (unpaired) electrons. The van der Waals surface area contributed by atoms with E-state index in [1.807, 2.05) is 17.0 Å². The molecule has 0 bridgehead atoms. The number of benzene rings is 2. The Bertz CT molecular complexity index is 906. The van der Waals surface area contributed by atoms with Gasteiger partial charge in [0.2, 0.25) is 0 Å². The number of likely N-dealkylation sites (tertiary alicyclic amines) is 1. The number of nitrogens with zero attached hydrogens (tertiary/aromatic N) is 2. The van der Waals surface area contributed by atoms with E-state index in [2.05, 4.69) is 12.1 Å². The van der Waals surface area contributed by atoms with Gasteiger partial charge in [-0.1, -0.05) is 12.1 Å². The summed E-state index contributed by atoms with van der Waals surface area (Å²) >= 11 is 1.77. The molecule has 1 amide bonds. The van der Waals surface area contributed by atoms with Crippen LogP contribution in [0, 0.1) is 0 Å². The molecule has 6 heteroatoms. The van der Waals surface area contributed by atoms with Gasteiger partial charge in [-0.3, -0.25) is 4.79 Å². The third-order valence-electron chi connectivity index (χ3n) is 5.04. The summed E-state index contributed by atoms with van der Waals surface area (Å²) in [5, 5.41) is 1.19. The average Bonchev–Trinajstić information content (AvgIpc) is 3.17. The van der Waals surface area contributed by atoms with Gasteiger partial charge < -0.3 is 14.4 Å². The van der Waals surface area contributed by atoms with Crippen molar-refractivity contribution in [2.24, 2.45) is 0 Å². The molecule has 2 heterocycles. The molecule has 0 atom stereocenters. The van der Waals surface area contributed by atoms with Gasteiger partial charge in [0.05, 0.1) is 29.4 Å². The maximum Gasteiger partial charge on any atom is 0.254 e. The van der Waals surface area contributed by atoms with Crippen LogP contribution in [-0.2, 0) is 0 Å². The largest absolute Gasteiger partial charge is 0.497 e. The van der Waals surface area contributed by atoms with Crippen LogP contribution < -0.4 is 9.47 Å². The fourth-order valence-corrected chi connectivity index (χ4v) is 4.64. The number of fused-ring (bicyclic) bond motifs is 1. The highest BCUT2D eigenvalue weighted by Gasteiger charge is 2.27. The minimum Gasteiger partial charge on any atom is -0.497 e. The lowest BCUT2D eigenvalue weighted by Crippen LogP contribution is -2.37. The standard InChI is InChI=1S/C21H22N2O3S/c1-25-16-11-15(12-17(13-16)26-2)21(24)23-9-7-14(8-10-23)20-22-18-5-3-4-6-19(18)27-20/h3-6,11-14H,7-10H2,1-2H3. The molecule has 0 spiro atoms. The van der Waals surface area contributed by atoms with Crippen LogP contribution in [0.15, 0.2) is 42.5 Å². The lowest BCUT2D eigenvalue weighted by Gasteiger charge is -2.31. The molecule has 0 saturated carbocycles. The molecule has 27 heavy (non-hydrogen) atoms. The molecular formula is C21H22N2O3S. The fourth-order valence-electron chi connectivity index (χ4n) is 3.51. The van der Waals surface area contributed by atoms with E-state index in [9.17, 15) is 4.79 Å². The molecule has 1 saturated heterocycles. The van der Waals surface area contributed by atoms with Gasteiger partial charge in [0.1, 0.15) is 11.5 Å². The molecule has 5 nitrogen and oxygen atoms in total. The molecule has 1 aliphatic rings. The van der Waals surface area contributed by atoms with Crippen LogP contribution in [0.5, 0.6) is 11.5 Å². The SMILES string of the molecule is COc1cc(OC)cc(C(=O)N2CCC(c3nc4ccccc4s3)CC2)c1. The molecule has 1 aromatic heterocycles. The van der Waals surface area contributed by atoms with Gasteiger partial charge in [0.15, 0.2) is 0 Å². The number of amides is 1. The third-order valence-corrected chi connectivity index (χ3v) is 6.24. The molecule has 1 fully saturated rings. The van der Waals surface area contributed by atoms with E-state index >= 15 is 0 Å². The molecular weight excluding hydrogens is 360 g/mol. The molecule has 0 unspecified atom stereocenters. The van der Waals surface area contributed by atoms with Gasteiger partial charge in [-0.2, -0.15) is 0 Å². The lowest BCUT2D eigenvalue weighted by molar-refractivity contribution is 0.0712. The molecule has 1 aliphatic heterocycles. The van der Waals surface area contributed by atoms with E-state index in [0.29, 0.717) is 23.0 Å². The van der Waals surface area contributed by atoms with Crippen molar-refractivity contribution in [3.63, 3.8) is 0 Å². The highest BCUT2D eigenvalue weighted by Crippen LogP contribution is 2.34. The lowest BCUT2D eigenvalue weighted by atomic mass is 9.97. The van der Waals surface area contributed by atoms with Crippen molar-refractivity contribution < 1.29 is 14.3 Å². The minimum absolute atomic E-state index is 0.0231. The highest BCUT2D eigenvalue weighted by atomic mass is 32.1. The predicted octanol–water partition coefficient (Wildman–Crippen LogP) is 4.33. The van der Waals surface area contributed by atoms with E-state index in [4.69, 9.17) is 14.5 Å². The quantitative estimate of drug-likeness (QED) is 0.674. The zero-order valence-corrected chi connectivity index (χ0v) is 16.3. The van der Waals surface area contributed by atoms with Crippen molar-refractivity contribution in [3.05, 3.63) is 53.0 Å². The number of hydrogen-bond acceptors (Lipinski definition) is 5. The van der Waals surface area contributed by atoms with Crippen LogP contribution in [0.25, 0.3) is 10.2 Å². The van der Waals surface area contributed by atoms with Crippen LogP contribution in [0.2, 0.25) is 0 Å². The second-order valence-electron chi connectivity index (χ2n) is 6.69. The Morgan fingerprint density at radius 3 is 2.37 bits per heavy atom. The Hall–Kier alpha value is -2.60. The van der Waals surface area contributed by atoms with Gasteiger partial charge in [-0.05, 0) is 37.1 Å². The zero-order chi connectivity index (χ0) is 18.8. The van der Waals surface area contributed by atoms with Gasteiger partial charge in [-0.25, -0.2) is 4.98 Å². The monoisotopic (exact) mass is 382 g/mol. The van der Waals surface area contributed by atoms with E-state index < -0.39 is 0 Å². The summed E-state index contributed by atoms with van der Waals surface area (Å²) in [6.45, 7) is 1.47. The highest BCUT2D eigenvalue weighted by molar-refractivity contribution is 7.18. The molecule has 3 aromatic rings. The van der Waals surface area contributed by atoms with Gasteiger partial charge >= 0.3 is 0 Å². The fraction of sp³-hybridized carbons (Fsp3) is 0.333. The number of carbonyl (C=O) groups is 1. The first kappa shape index (κ1) is 17.8. The topological polar surface area (TPSA) is 51.7 Å². The first-order valence-electron chi connectivity index (χ1n) is 9.05. The molecule has 140 valence electrons. The Labute approximate surface area is 162 Å². The first-order valence-corrected chi connectivity index (χ1v) is 9.87. The summed E-state index contributed by atoms with van der Waals surface area (Å²) in [5.74, 6) is 1.70. The van der Waals surface area contributed by atoms with Gasteiger partial charge in [-0.15, -0.1) is 11.3 Å². The second kappa shape index (κ2) is 7.56. The number of thiazole rings is 1. The summed E-state index contributed by atoms with van der Waals surface area (Å²) in [4.78, 5) is 19.6. The summed E-state index contributed by atoms with van der Waals surface area (Å²) < 4.78 is 11.8. The number of carbonyl (C=O) groups excluding carboxylic acids is 1. The normalized spacial score (nSPS) is 15.1. The Morgan fingerprint density at radius 2 is 1.74 bits per heavy atom. The van der Waals surface area contributed by atoms with Crippen molar-refractivity contribution in [2.75, 3.05) is 27.3 Å². The minimum atomic E-state index is 0.0231. The average molecular weight is 382 g/mol. The van der Waals surface area contributed by atoms with Crippen molar-refractivity contribution in [1.82, 2.24) is 9.88 Å². The van der Waals surface area contributed by atoms with Crippen molar-refractivity contribution >= 4 is 27.5 Å². The molecule has 0 N–H and O–H groups in total. The predicted molar refractivity (Wildman–Crippen MR) is 107 cm³/mol. The first-order chi connectivity index (χ1) is 13.2. The maximum atomic E-state index is 12.9. The molecule has 4 rings (SSSR count). The number of para-hydroxylation sites is 1. The van der Waals surface area contributed by atoms with Crippen LogP contribution in [-0.4, -0.2) is 43.1 Å². The Morgan fingerprint density at radius 1 is 1.07 bits per heavy atom. The number of ether oxygens (including phenoxy) is 2. The van der Waals surface area contributed by atoms with Crippen LogP contribution in [0.1, 0.15) is 34.1 Å². The Balaban J connectivity index is 1.46. The number of piperidine rings is 1. The molecule has 0 aliphatic carbocycles. The number of hydrogen-bond donors (Lipinski definition) is 0. The summed E-state index contributed by atoms with van der Waals surface area (Å²) in [6.07, 6.45) is 1.87. The Kier molecular flexibility index (Phi) is 4.99. The van der Waals surface area contributed by atoms with E-state index in [1.54, 1.807) is 43.8 Å². The van der Waals surface area contributed by atoms with Crippen LogP contribution in [0.4, 0.5) is 0 Å². The number of rotatable bonds is 4. The smallest absolute Gasteiger partial charge is 0.254 e. The molecule has 2 aromatic carbocycles. The van der Waals surface area contributed by atoms with Crippen molar-refractivity contribution in [3.8, 4) is 11.5 Å². The number of aromatic nitrogens is 1. The third kappa shape index (κ3) is 3.62. The van der Waals surface area contributed by atoms with Crippen LogP contribution in [0.3, 0.4) is 0 Å². The van der Waals surface area contributed by atoms with Gasteiger partial charge in [0.25, 0.3) is 5.91 Å². The van der Waals surface area contributed by atoms with Crippen LogP contribution >= 0.6 is 11.3 Å². The number of methoxy groups -OCH3 is 2. The van der Waals surface area contributed by atoms with E-state index in [0.717, 1.165) is 31.4 Å². The maximum absolute atomic E-state index is 12.9. The second-order valence-corrected chi connectivity index (χ2v) is 7.75. The zero-order valence-electron chi connectivity index (χ0n) is 15.5. The van der Waals surface area contributed by atoms with Crippen molar-refractivity contribution in [1.29, 1.82) is 0 Å². The summed E-state index contributed by atoms with van der Waals surface area (Å²) in [5.41, 5.74) is 1.67.